The molecule has 0 amide bonds. The van der Waals surface area contributed by atoms with Crippen molar-refractivity contribution in [3.8, 4) is 5.75 Å². The normalized spacial score (nSPS) is 22.0. The molecule has 0 spiro atoms. The molecular formula is C17H27NO. The Labute approximate surface area is 117 Å². The Balaban J connectivity index is 2.12. The molecule has 2 heteroatoms. The number of benzene rings is 1. The predicted molar refractivity (Wildman–Crippen MR) is 80.6 cm³/mol. The maximum absolute atomic E-state index is 5.31. The minimum absolute atomic E-state index is 0.416. The van der Waals surface area contributed by atoms with E-state index in [0.29, 0.717) is 16.9 Å². The summed E-state index contributed by atoms with van der Waals surface area (Å²) in [4.78, 5) is 0. The molecule has 0 aromatic heterocycles. The van der Waals surface area contributed by atoms with Gasteiger partial charge in [0.25, 0.3) is 0 Å². The van der Waals surface area contributed by atoms with Crippen LogP contribution in [-0.4, -0.2) is 20.2 Å². The van der Waals surface area contributed by atoms with E-state index in [-0.39, 0.29) is 0 Å². The zero-order chi connectivity index (χ0) is 14.3. The summed E-state index contributed by atoms with van der Waals surface area (Å²) in [6, 6.07) is 8.94. The summed E-state index contributed by atoms with van der Waals surface area (Å²) in [5.41, 5.74) is 2.18. The summed E-state index contributed by atoms with van der Waals surface area (Å²) in [7, 11) is 3.80. The molecule has 1 aliphatic carbocycles. The Morgan fingerprint density at radius 3 is 2.32 bits per heavy atom. The summed E-state index contributed by atoms with van der Waals surface area (Å²) in [5.74, 6) is 1.66. The van der Waals surface area contributed by atoms with E-state index < -0.39 is 0 Å². The number of hydrogen-bond acceptors (Lipinski definition) is 2. The largest absolute Gasteiger partial charge is 0.497 e. The Bertz CT molecular complexity index is 436. The summed E-state index contributed by atoms with van der Waals surface area (Å²) in [5, 5.41) is 3.52. The minimum atomic E-state index is 0.416. The van der Waals surface area contributed by atoms with Gasteiger partial charge in [-0.1, -0.05) is 39.8 Å². The second-order valence-corrected chi connectivity index (χ2v) is 6.87. The monoisotopic (exact) mass is 261 g/mol. The van der Waals surface area contributed by atoms with Crippen molar-refractivity contribution in [1.82, 2.24) is 5.32 Å². The highest BCUT2D eigenvalue weighted by molar-refractivity contribution is 5.30. The number of methoxy groups -OCH3 is 1. The van der Waals surface area contributed by atoms with E-state index in [1.807, 2.05) is 6.07 Å². The van der Waals surface area contributed by atoms with Gasteiger partial charge in [-0.25, -0.2) is 0 Å². The molecule has 1 fully saturated rings. The van der Waals surface area contributed by atoms with Crippen molar-refractivity contribution < 1.29 is 4.74 Å². The van der Waals surface area contributed by atoms with Crippen molar-refractivity contribution in [3.63, 3.8) is 0 Å². The smallest absolute Gasteiger partial charge is 0.119 e. The van der Waals surface area contributed by atoms with E-state index in [2.05, 4.69) is 58.3 Å². The lowest BCUT2D eigenvalue weighted by Gasteiger charge is -2.19. The summed E-state index contributed by atoms with van der Waals surface area (Å²) < 4.78 is 5.31. The second kappa shape index (κ2) is 4.82. The maximum Gasteiger partial charge on any atom is 0.119 e. The fraction of sp³-hybridized carbons (Fsp3) is 0.647. The molecule has 0 aliphatic heterocycles. The quantitative estimate of drug-likeness (QED) is 0.876. The van der Waals surface area contributed by atoms with E-state index in [1.54, 1.807) is 7.11 Å². The van der Waals surface area contributed by atoms with Gasteiger partial charge >= 0.3 is 0 Å². The summed E-state index contributed by atoms with van der Waals surface area (Å²) in [6.45, 7) is 9.53. The number of rotatable bonds is 5. The third-order valence-corrected chi connectivity index (χ3v) is 5.50. The highest BCUT2D eigenvalue weighted by atomic mass is 16.5. The molecule has 0 heterocycles. The Morgan fingerprint density at radius 1 is 1.21 bits per heavy atom. The molecule has 0 bridgehead atoms. The molecule has 1 unspecified atom stereocenters. The molecule has 1 aliphatic rings. The number of likely N-dealkylation sites (N-methyl/N-ethyl adjacent to an activating group) is 1. The third-order valence-electron chi connectivity index (χ3n) is 5.50. The van der Waals surface area contributed by atoms with Crippen molar-refractivity contribution >= 4 is 0 Å². The van der Waals surface area contributed by atoms with Crippen molar-refractivity contribution in [2.45, 2.75) is 40.2 Å². The first kappa shape index (κ1) is 14.4. The van der Waals surface area contributed by atoms with Gasteiger partial charge in [-0.05, 0) is 47.9 Å². The molecule has 2 nitrogen and oxygen atoms in total. The Hall–Kier alpha value is -1.02. The van der Waals surface area contributed by atoms with E-state index in [9.17, 15) is 0 Å². The average Bonchev–Trinajstić information content (AvgIpc) is 2.77. The van der Waals surface area contributed by atoms with Crippen LogP contribution < -0.4 is 10.1 Å². The standard InChI is InChI=1S/C17H27NO/c1-16(2)15(17(16,3)4)14(18-5)11-12-8-7-9-13(10-12)19-6/h7-10,14-15,18H,11H2,1-6H3. The van der Waals surface area contributed by atoms with Crippen LogP contribution in [0.4, 0.5) is 0 Å². The molecule has 1 saturated carbocycles. The van der Waals surface area contributed by atoms with Gasteiger partial charge in [-0.15, -0.1) is 0 Å². The zero-order valence-corrected chi connectivity index (χ0v) is 13.1. The fourth-order valence-corrected chi connectivity index (χ4v) is 3.69. The molecule has 1 aromatic rings. The highest BCUT2D eigenvalue weighted by Gasteiger charge is 2.66. The lowest BCUT2D eigenvalue weighted by Crippen LogP contribution is -2.32. The highest BCUT2D eigenvalue weighted by Crippen LogP contribution is 2.69. The zero-order valence-electron chi connectivity index (χ0n) is 13.1. The average molecular weight is 261 g/mol. The van der Waals surface area contributed by atoms with Crippen LogP contribution in [-0.2, 0) is 6.42 Å². The van der Waals surface area contributed by atoms with Crippen molar-refractivity contribution in [1.29, 1.82) is 0 Å². The molecule has 1 atom stereocenters. The van der Waals surface area contributed by atoms with E-state index in [4.69, 9.17) is 4.74 Å². The first-order chi connectivity index (χ1) is 8.84. The lowest BCUT2D eigenvalue weighted by molar-refractivity contribution is 0.409. The topological polar surface area (TPSA) is 21.3 Å². The van der Waals surface area contributed by atoms with Gasteiger partial charge in [0.05, 0.1) is 7.11 Å². The molecule has 2 rings (SSSR count). The summed E-state index contributed by atoms with van der Waals surface area (Å²) >= 11 is 0. The van der Waals surface area contributed by atoms with Gasteiger partial charge < -0.3 is 10.1 Å². The van der Waals surface area contributed by atoms with Crippen LogP contribution in [0.25, 0.3) is 0 Å². The third kappa shape index (κ3) is 2.38. The van der Waals surface area contributed by atoms with E-state index >= 15 is 0 Å². The van der Waals surface area contributed by atoms with Crippen molar-refractivity contribution in [2.75, 3.05) is 14.2 Å². The Morgan fingerprint density at radius 2 is 1.84 bits per heavy atom. The molecule has 19 heavy (non-hydrogen) atoms. The van der Waals surface area contributed by atoms with Crippen molar-refractivity contribution in [3.05, 3.63) is 29.8 Å². The van der Waals surface area contributed by atoms with Gasteiger partial charge in [0.15, 0.2) is 0 Å². The van der Waals surface area contributed by atoms with Crippen LogP contribution >= 0.6 is 0 Å². The first-order valence-corrected chi connectivity index (χ1v) is 7.14. The van der Waals surface area contributed by atoms with Crippen LogP contribution in [0.15, 0.2) is 24.3 Å². The molecular weight excluding hydrogens is 234 g/mol. The summed E-state index contributed by atoms with van der Waals surface area (Å²) in [6.07, 6.45) is 1.06. The molecule has 1 aromatic carbocycles. The molecule has 0 saturated heterocycles. The van der Waals surface area contributed by atoms with Gasteiger partial charge in [-0.3, -0.25) is 0 Å². The molecule has 1 N–H and O–H groups in total. The van der Waals surface area contributed by atoms with Gasteiger partial charge in [-0.2, -0.15) is 0 Å². The SMILES string of the molecule is CNC(Cc1cccc(OC)c1)C1C(C)(C)C1(C)C. The van der Waals surface area contributed by atoms with Crippen LogP contribution in [0.3, 0.4) is 0 Å². The first-order valence-electron chi connectivity index (χ1n) is 7.14. The number of ether oxygens (including phenoxy) is 1. The molecule has 106 valence electrons. The predicted octanol–water partition coefficient (Wildman–Crippen LogP) is 3.51. The van der Waals surface area contributed by atoms with E-state index in [0.717, 1.165) is 18.1 Å². The van der Waals surface area contributed by atoms with E-state index in [1.165, 1.54) is 5.56 Å². The minimum Gasteiger partial charge on any atom is -0.497 e. The molecule has 0 radical (unpaired) electrons. The second-order valence-electron chi connectivity index (χ2n) is 6.87. The number of nitrogens with one attached hydrogen (secondary N) is 1. The van der Waals surface area contributed by atoms with Crippen LogP contribution in [0.5, 0.6) is 5.75 Å². The number of hydrogen-bond donors (Lipinski definition) is 1. The van der Waals surface area contributed by atoms with Crippen LogP contribution in [0, 0.1) is 16.7 Å². The van der Waals surface area contributed by atoms with Crippen LogP contribution in [0.1, 0.15) is 33.3 Å². The fourth-order valence-electron chi connectivity index (χ4n) is 3.69. The van der Waals surface area contributed by atoms with Crippen molar-refractivity contribution in [2.24, 2.45) is 16.7 Å². The van der Waals surface area contributed by atoms with Gasteiger partial charge in [0, 0.05) is 6.04 Å². The van der Waals surface area contributed by atoms with Crippen LogP contribution in [0.2, 0.25) is 0 Å². The Kier molecular flexibility index (Phi) is 3.65. The lowest BCUT2D eigenvalue weighted by atomic mass is 9.97. The maximum atomic E-state index is 5.31. The van der Waals surface area contributed by atoms with Gasteiger partial charge in [0.2, 0.25) is 0 Å². The van der Waals surface area contributed by atoms with Gasteiger partial charge in [0.1, 0.15) is 5.75 Å².